The number of amides is 4. The summed E-state index contributed by atoms with van der Waals surface area (Å²) in [5.74, 6) is -1.88. The number of piperazine rings is 2. The molecule has 3 fully saturated rings. The maximum atomic E-state index is 14.3. The van der Waals surface area contributed by atoms with E-state index in [-0.39, 0.29) is 29.9 Å². The molecule has 0 aromatic heterocycles. The molecule has 4 aromatic carbocycles. The third kappa shape index (κ3) is 8.82. The number of aromatic hydroxyl groups is 1. The number of phenols is 1. The SMILES string of the molecule is O=C1NC[C@H](Cc2ccccc2)N(C[C@H]2CCCN2C[C@H](Cc2ccccc2)N2C[C@H](Cc3ccc(O)cc3)N(CCc3ccccc3)C(=O)C2=O)C1=O. The molecule has 3 aliphatic heterocycles. The molecule has 0 unspecified atom stereocenters. The van der Waals surface area contributed by atoms with E-state index in [1.54, 1.807) is 26.8 Å². The van der Waals surface area contributed by atoms with Gasteiger partial charge < -0.3 is 25.1 Å². The Balaban J connectivity index is 1.14. The van der Waals surface area contributed by atoms with Gasteiger partial charge in [0, 0.05) is 44.8 Å². The number of hydrogen-bond donors (Lipinski definition) is 2. The first-order chi connectivity index (χ1) is 26.3. The van der Waals surface area contributed by atoms with Gasteiger partial charge in [0.1, 0.15) is 5.75 Å². The van der Waals surface area contributed by atoms with E-state index in [0.717, 1.165) is 41.6 Å². The van der Waals surface area contributed by atoms with Crippen LogP contribution in [0.3, 0.4) is 0 Å². The summed E-state index contributed by atoms with van der Waals surface area (Å²) in [5.41, 5.74) is 4.26. The number of carbonyl (C=O) groups is 4. The van der Waals surface area contributed by atoms with E-state index in [1.807, 2.05) is 91.0 Å². The molecule has 3 saturated heterocycles. The van der Waals surface area contributed by atoms with E-state index in [4.69, 9.17) is 0 Å². The van der Waals surface area contributed by atoms with Crippen LogP contribution in [0, 0.1) is 0 Å². The third-order valence-corrected chi connectivity index (χ3v) is 11.3. The van der Waals surface area contributed by atoms with Gasteiger partial charge in [0.2, 0.25) is 0 Å². The Morgan fingerprint density at radius 1 is 0.648 bits per heavy atom. The number of benzene rings is 4. The van der Waals surface area contributed by atoms with Crippen molar-refractivity contribution in [1.82, 2.24) is 24.9 Å². The zero-order chi connectivity index (χ0) is 37.4. The van der Waals surface area contributed by atoms with E-state index in [2.05, 4.69) is 22.3 Å². The van der Waals surface area contributed by atoms with Crippen LogP contribution in [0.25, 0.3) is 0 Å². The summed E-state index contributed by atoms with van der Waals surface area (Å²) in [6.45, 7) is 2.95. The summed E-state index contributed by atoms with van der Waals surface area (Å²) in [4.78, 5) is 62.1. The largest absolute Gasteiger partial charge is 0.508 e. The Bertz CT molecular complexity index is 1890. The van der Waals surface area contributed by atoms with Crippen molar-refractivity contribution in [3.05, 3.63) is 138 Å². The Morgan fingerprint density at radius 2 is 1.26 bits per heavy atom. The molecule has 54 heavy (non-hydrogen) atoms. The topological polar surface area (TPSA) is 114 Å². The van der Waals surface area contributed by atoms with Crippen LogP contribution < -0.4 is 5.32 Å². The fourth-order valence-electron chi connectivity index (χ4n) is 8.38. The van der Waals surface area contributed by atoms with Gasteiger partial charge in [0.15, 0.2) is 0 Å². The highest BCUT2D eigenvalue weighted by atomic mass is 16.3. The number of nitrogens with one attached hydrogen (secondary N) is 1. The highest BCUT2D eigenvalue weighted by Crippen LogP contribution is 2.27. The lowest BCUT2D eigenvalue weighted by molar-refractivity contribution is -0.161. The second-order valence-corrected chi connectivity index (χ2v) is 14.9. The molecule has 3 heterocycles. The Labute approximate surface area is 317 Å². The summed E-state index contributed by atoms with van der Waals surface area (Å²) in [7, 11) is 0. The minimum absolute atomic E-state index is 0.00200. The van der Waals surface area contributed by atoms with Crippen molar-refractivity contribution in [1.29, 1.82) is 0 Å². The molecule has 4 amide bonds. The first-order valence-electron chi connectivity index (χ1n) is 19.2. The molecule has 10 heteroatoms. The average molecular weight is 728 g/mol. The van der Waals surface area contributed by atoms with Gasteiger partial charge in [-0.2, -0.15) is 0 Å². The zero-order valence-corrected chi connectivity index (χ0v) is 30.6. The van der Waals surface area contributed by atoms with Gasteiger partial charge in [0.05, 0.1) is 12.1 Å². The second-order valence-electron chi connectivity index (χ2n) is 14.9. The molecule has 0 spiro atoms. The minimum Gasteiger partial charge on any atom is -0.508 e. The van der Waals surface area contributed by atoms with E-state index in [1.165, 1.54) is 0 Å². The van der Waals surface area contributed by atoms with Crippen molar-refractivity contribution < 1.29 is 24.3 Å². The van der Waals surface area contributed by atoms with E-state index in [0.29, 0.717) is 58.4 Å². The quantitative estimate of drug-likeness (QED) is 0.191. The Morgan fingerprint density at radius 3 is 1.94 bits per heavy atom. The Kier molecular flexibility index (Phi) is 11.7. The molecular formula is C44H49N5O5. The van der Waals surface area contributed by atoms with Crippen molar-refractivity contribution in [2.75, 3.05) is 39.3 Å². The summed E-state index contributed by atoms with van der Waals surface area (Å²) >= 11 is 0. The standard InChI is InChI=1S/C44H49N5O5/c50-40-20-18-35(19-21-40)27-39-31-49(44(54)43(53)47(39)24-22-32-11-4-1-5-12-32)38(26-34-15-8-3-9-16-34)29-46-23-10-17-36(46)30-48-37(28-45-41(51)42(48)52)25-33-13-6-2-7-14-33/h1-9,11-16,18-21,36-39,50H,10,17,22-31H2,(H,45,51)/t36-,37+,38+,39+/m1/s1. The van der Waals surface area contributed by atoms with Gasteiger partial charge in [-0.1, -0.05) is 103 Å². The van der Waals surface area contributed by atoms with E-state index >= 15 is 0 Å². The van der Waals surface area contributed by atoms with Crippen molar-refractivity contribution >= 4 is 23.6 Å². The lowest BCUT2D eigenvalue weighted by atomic mass is 9.97. The number of nitrogens with zero attached hydrogens (tertiary/aromatic N) is 4. The monoisotopic (exact) mass is 727 g/mol. The third-order valence-electron chi connectivity index (χ3n) is 11.3. The molecular weight excluding hydrogens is 679 g/mol. The molecule has 10 nitrogen and oxygen atoms in total. The van der Waals surface area contributed by atoms with Crippen LogP contribution in [0.4, 0.5) is 0 Å². The molecule has 0 aliphatic carbocycles. The first kappa shape index (κ1) is 36.9. The first-order valence-corrected chi connectivity index (χ1v) is 19.2. The number of rotatable bonds is 14. The normalized spacial score (nSPS) is 21.4. The smallest absolute Gasteiger partial charge is 0.312 e. The van der Waals surface area contributed by atoms with Crippen LogP contribution >= 0.6 is 0 Å². The molecule has 0 radical (unpaired) electrons. The summed E-state index contributed by atoms with van der Waals surface area (Å²) in [6, 6.07) is 36.4. The van der Waals surface area contributed by atoms with Crippen LogP contribution in [-0.4, -0.2) is 112 Å². The lowest BCUT2D eigenvalue weighted by Gasteiger charge is -2.45. The molecule has 0 saturated carbocycles. The Hall–Kier alpha value is -5.48. The van der Waals surface area contributed by atoms with Gasteiger partial charge in [-0.3, -0.25) is 24.1 Å². The predicted octanol–water partition coefficient (Wildman–Crippen LogP) is 3.86. The highest BCUT2D eigenvalue weighted by molar-refractivity contribution is 6.36. The molecule has 3 aliphatic rings. The number of hydrogen-bond acceptors (Lipinski definition) is 6. The van der Waals surface area contributed by atoms with Crippen molar-refractivity contribution in [3.8, 4) is 5.75 Å². The molecule has 4 aromatic rings. The zero-order valence-electron chi connectivity index (χ0n) is 30.6. The van der Waals surface area contributed by atoms with E-state index in [9.17, 15) is 24.3 Å². The molecule has 2 N–H and O–H groups in total. The van der Waals surface area contributed by atoms with Crippen LogP contribution in [0.15, 0.2) is 115 Å². The number of carbonyl (C=O) groups excluding carboxylic acids is 4. The fraction of sp³-hybridized carbons (Fsp3) is 0.364. The summed E-state index contributed by atoms with van der Waals surface area (Å²) < 4.78 is 0. The van der Waals surface area contributed by atoms with Crippen LogP contribution in [0.5, 0.6) is 5.75 Å². The average Bonchev–Trinajstić information content (AvgIpc) is 3.63. The van der Waals surface area contributed by atoms with Gasteiger partial charge in [-0.15, -0.1) is 0 Å². The van der Waals surface area contributed by atoms with Crippen molar-refractivity contribution in [2.24, 2.45) is 0 Å². The van der Waals surface area contributed by atoms with E-state index < -0.39 is 23.6 Å². The maximum Gasteiger partial charge on any atom is 0.312 e. The van der Waals surface area contributed by atoms with Crippen LogP contribution in [0.2, 0.25) is 0 Å². The summed E-state index contributed by atoms with van der Waals surface area (Å²) in [6.07, 6.45) is 4.18. The molecule has 280 valence electrons. The minimum atomic E-state index is -0.570. The number of likely N-dealkylation sites (tertiary alicyclic amines) is 1. The van der Waals surface area contributed by atoms with Gasteiger partial charge in [-0.05, 0) is 79.5 Å². The summed E-state index contributed by atoms with van der Waals surface area (Å²) in [5, 5.41) is 12.8. The van der Waals surface area contributed by atoms with Crippen molar-refractivity contribution in [3.63, 3.8) is 0 Å². The van der Waals surface area contributed by atoms with Gasteiger partial charge in [0.25, 0.3) is 0 Å². The van der Waals surface area contributed by atoms with Gasteiger partial charge >= 0.3 is 23.6 Å². The maximum absolute atomic E-state index is 14.3. The van der Waals surface area contributed by atoms with Crippen molar-refractivity contribution in [2.45, 2.75) is 62.7 Å². The fourth-order valence-corrected chi connectivity index (χ4v) is 8.38. The second kappa shape index (κ2) is 17.1. The molecule has 7 rings (SSSR count). The predicted molar refractivity (Wildman–Crippen MR) is 206 cm³/mol. The lowest BCUT2D eigenvalue weighted by Crippen LogP contribution is -2.65. The molecule has 0 bridgehead atoms. The molecule has 4 atom stereocenters. The van der Waals surface area contributed by atoms with Gasteiger partial charge in [-0.25, -0.2) is 0 Å². The number of phenolic OH excluding ortho intramolecular Hbond substituents is 1. The highest BCUT2D eigenvalue weighted by Gasteiger charge is 2.43. The van der Waals surface area contributed by atoms with Crippen LogP contribution in [-0.2, 0) is 44.9 Å². The van der Waals surface area contributed by atoms with Crippen LogP contribution in [0.1, 0.15) is 35.1 Å².